The van der Waals surface area contributed by atoms with Crippen molar-refractivity contribution in [1.29, 1.82) is 0 Å². The van der Waals surface area contributed by atoms with Gasteiger partial charge in [-0.15, -0.1) is 0 Å². The standard InChI is InChI=1S/C21H30N2O2/c1-21(2,3)25-20(24)23-13-18-16-9-17(19(18)14-23)12-22(11-16)10-15-7-5-4-6-8-15/h4-8,16-19H,9-14H2,1-3H3. The van der Waals surface area contributed by atoms with Crippen molar-refractivity contribution in [2.24, 2.45) is 23.7 Å². The minimum atomic E-state index is -0.406. The van der Waals surface area contributed by atoms with E-state index in [2.05, 4.69) is 35.2 Å². The van der Waals surface area contributed by atoms with E-state index in [1.807, 2.05) is 25.7 Å². The minimum Gasteiger partial charge on any atom is -0.444 e. The lowest BCUT2D eigenvalue weighted by atomic mass is 9.92. The Kier molecular flexibility index (Phi) is 4.27. The van der Waals surface area contributed by atoms with E-state index >= 15 is 0 Å². The molecule has 0 radical (unpaired) electrons. The van der Waals surface area contributed by atoms with Gasteiger partial charge < -0.3 is 9.64 Å². The van der Waals surface area contributed by atoms with E-state index < -0.39 is 5.60 Å². The first-order valence-electron chi connectivity index (χ1n) is 9.63. The highest BCUT2D eigenvalue weighted by molar-refractivity contribution is 5.68. The van der Waals surface area contributed by atoms with Gasteiger partial charge in [-0.1, -0.05) is 30.3 Å². The molecular formula is C21H30N2O2. The van der Waals surface area contributed by atoms with Crippen LogP contribution in [0.15, 0.2) is 30.3 Å². The quantitative estimate of drug-likeness (QED) is 0.823. The van der Waals surface area contributed by atoms with Crippen molar-refractivity contribution in [2.75, 3.05) is 26.2 Å². The summed E-state index contributed by atoms with van der Waals surface area (Å²) in [5, 5.41) is 0. The summed E-state index contributed by atoms with van der Waals surface area (Å²) in [4.78, 5) is 17.0. The van der Waals surface area contributed by atoms with Gasteiger partial charge in [0, 0.05) is 32.7 Å². The van der Waals surface area contributed by atoms with E-state index in [1.54, 1.807) is 0 Å². The van der Waals surface area contributed by atoms with Crippen LogP contribution in [-0.2, 0) is 11.3 Å². The molecule has 4 atom stereocenters. The average molecular weight is 342 g/mol. The molecule has 25 heavy (non-hydrogen) atoms. The molecule has 1 aromatic carbocycles. The summed E-state index contributed by atoms with van der Waals surface area (Å²) in [6.45, 7) is 11.0. The second kappa shape index (κ2) is 6.31. The Morgan fingerprint density at radius 1 is 1.04 bits per heavy atom. The highest BCUT2D eigenvalue weighted by Gasteiger charge is 2.52. The molecular weight excluding hydrogens is 312 g/mol. The van der Waals surface area contributed by atoms with Crippen LogP contribution in [0, 0.1) is 23.7 Å². The van der Waals surface area contributed by atoms with E-state index in [4.69, 9.17) is 4.74 Å². The molecule has 4 heteroatoms. The number of piperidine rings is 1. The number of ether oxygens (including phenoxy) is 1. The molecule has 2 heterocycles. The summed E-state index contributed by atoms with van der Waals surface area (Å²) in [5.41, 5.74) is 1.00. The number of likely N-dealkylation sites (tertiary alicyclic amines) is 2. The maximum atomic E-state index is 12.4. The fourth-order valence-corrected chi connectivity index (χ4v) is 5.19. The topological polar surface area (TPSA) is 32.8 Å². The summed E-state index contributed by atoms with van der Waals surface area (Å²) < 4.78 is 5.59. The number of amides is 1. The van der Waals surface area contributed by atoms with Crippen LogP contribution in [0.3, 0.4) is 0 Å². The van der Waals surface area contributed by atoms with Crippen molar-refractivity contribution >= 4 is 6.09 Å². The fourth-order valence-electron chi connectivity index (χ4n) is 5.19. The number of nitrogens with zero attached hydrogens (tertiary/aromatic N) is 2. The number of fused-ring (bicyclic) bond motifs is 5. The van der Waals surface area contributed by atoms with Crippen molar-refractivity contribution in [1.82, 2.24) is 9.80 Å². The molecule has 2 aliphatic heterocycles. The first kappa shape index (κ1) is 16.9. The van der Waals surface area contributed by atoms with Crippen molar-refractivity contribution in [3.63, 3.8) is 0 Å². The molecule has 1 aromatic rings. The largest absolute Gasteiger partial charge is 0.444 e. The molecule has 3 aliphatic rings. The number of hydrogen-bond donors (Lipinski definition) is 0. The van der Waals surface area contributed by atoms with Crippen LogP contribution in [0.5, 0.6) is 0 Å². The van der Waals surface area contributed by atoms with E-state index in [-0.39, 0.29) is 6.09 Å². The van der Waals surface area contributed by atoms with Gasteiger partial charge in [0.2, 0.25) is 0 Å². The lowest BCUT2D eigenvalue weighted by molar-refractivity contribution is 0.0255. The zero-order valence-corrected chi connectivity index (χ0v) is 15.6. The maximum absolute atomic E-state index is 12.4. The van der Waals surface area contributed by atoms with Crippen LogP contribution < -0.4 is 0 Å². The minimum absolute atomic E-state index is 0.124. The summed E-state index contributed by atoms with van der Waals surface area (Å²) in [6, 6.07) is 10.8. The second-order valence-electron chi connectivity index (χ2n) is 9.15. The van der Waals surface area contributed by atoms with Crippen molar-refractivity contribution in [3.05, 3.63) is 35.9 Å². The molecule has 136 valence electrons. The van der Waals surface area contributed by atoms with Crippen LogP contribution in [0.4, 0.5) is 4.79 Å². The number of benzene rings is 1. The Morgan fingerprint density at radius 3 is 2.20 bits per heavy atom. The Balaban J connectivity index is 1.38. The molecule has 1 aliphatic carbocycles. The summed E-state index contributed by atoms with van der Waals surface area (Å²) in [6.07, 6.45) is 1.23. The molecule has 3 fully saturated rings. The van der Waals surface area contributed by atoms with Crippen LogP contribution in [-0.4, -0.2) is 47.7 Å². The van der Waals surface area contributed by atoms with Gasteiger partial charge in [-0.25, -0.2) is 4.79 Å². The predicted molar refractivity (Wildman–Crippen MR) is 98.1 cm³/mol. The third kappa shape index (κ3) is 3.55. The lowest BCUT2D eigenvalue weighted by Gasteiger charge is -2.34. The molecule has 0 N–H and O–H groups in total. The smallest absolute Gasteiger partial charge is 0.410 e. The van der Waals surface area contributed by atoms with E-state index in [0.717, 1.165) is 31.5 Å². The highest BCUT2D eigenvalue weighted by Crippen LogP contribution is 2.49. The zero-order valence-electron chi connectivity index (χ0n) is 15.6. The first-order valence-corrected chi connectivity index (χ1v) is 9.63. The molecule has 4 rings (SSSR count). The van der Waals surface area contributed by atoms with Gasteiger partial charge in [0.15, 0.2) is 0 Å². The Bertz CT molecular complexity index is 605. The molecule has 1 amide bonds. The Labute approximate surface area is 151 Å². The SMILES string of the molecule is CC(C)(C)OC(=O)N1CC2C3CC(CN(Cc4ccccc4)C3)C2C1. The van der Waals surface area contributed by atoms with E-state index in [9.17, 15) is 4.79 Å². The van der Waals surface area contributed by atoms with Crippen LogP contribution in [0.25, 0.3) is 0 Å². The van der Waals surface area contributed by atoms with Gasteiger partial charge >= 0.3 is 6.09 Å². The molecule has 1 saturated carbocycles. The number of carbonyl (C=O) groups is 1. The second-order valence-corrected chi connectivity index (χ2v) is 9.15. The van der Waals surface area contributed by atoms with E-state index in [0.29, 0.717) is 11.8 Å². The normalized spacial score (nSPS) is 31.9. The number of rotatable bonds is 2. The molecule has 4 unspecified atom stereocenters. The average Bonchev–Trinajstić information content (AvgIpc) is 3.07. The third-order valence-electron chi connectivity index (χ3n) is 6.11. The maximum Gasteiger partial charge on any atom is 0.410 e. The van der Waals surface area contributed by atoms with Gasteiger partial charge in [-0.05, 0) is 56.4 Å². The summed E-state index contributed by atoms with van der Waals surface area (Å²) in [5.74, 6) is 2.80. The Hall–Kier alpha value is -1.55. The summed E-state index contributed by atoms with van der Waals surface area (Å²) >= 11 is 0. The Morgan fingerprint density at radius 2 is 1.64 bits per heavy atom. The van der Waals surface area contributed by atoms with Gasteiger partial charge in [0.05, 0.1) is 0 Å². The highest BCUT2D eigenvalue weighted by atomic mass is 16.6. The first-order chi connectivity index (χ1) is 11.9. The molecule has 0 aromatic heterocycles. The van der Waals surface area contributed by atoms with E-state index in [1.165, 1.54) is 25.1 Å². The predicted octanol–water partition coefficient (Wildman–Crippen LogP) is 3.62. The van der Waals surface area contributed by atoms with Crippen LogP contribution >= 0.6 is 0 Å². The van der Waals surface area contributed by atoms with Crippen LogP contribution in [0.1, 0.15) is 32.8 Å². The van der Waals surface area contributed by atoms with Gasteiger partial charge in [-0.2, -0.15) is 0 Å². The summed E-state index contributed by atoms with van der Waals surface area (Å²) in [7, 11) is 0. The van der Waals surface area contributed by atoms with Crippen molar-refractivity contribution in [3.8, 4) is 0 Å². The van der Waals surface area contributed by atoms with Crippen molar-refractivity contribution < 1.29 is 9.53 Å². The lowest BCUT2D eigenvalue weighted by Crippen LogP contribution is -2.41. The molecule has 2 bridgehead atoms. The molecule has 0 spiro atoms. The number of carbonyl (C=O) groups excluding carboxylic acids is 1. The van der Waals surface area contributed by atoms with Gasteiger partial charge in [0.1, 0.15) is 5.60 Å². The molecule has 4 nitrogen and oxygen atoms in total. The van der Waals surface area contributed by atoms with Crippen molar-refractivity contribution in [2.45, 2.75) is 39.3 Å². The fraction of sp³-hybridized carbons (Fsp3) is 0.667. The monoisotopic (exact) mass is 342 g/mol. The zero-order chi connectivity index (χ0) is 17.6. The molecule has 2 saturated heterocycles. The third-order valence-corrected chi connectivity index (χ3v) is 6.11. The van der Waals surface area contributed by atoms with Crippen LogP contribution in [0.2, 0.25) is 0 Å². The van der Waals surface area contributed by atoms with Gasteiger partial charge in [0.25, 0.3) is 0 Å². The van der Waals surface area contributed by atoms with Gasteiger partial charge in [-0.3, -0.25) is 4.90 Å². The number of hydrogen-bond acceptors (Lipinski definition) is 3.